The fourth-order valence-corrected chi connectivity index (χ4v) is 4.06. The van der Waals surface area contributed by atoms with E-state index in [4.69, 9.17) is 23.2 Å². The molecule has 0 spiro atoms. The second-order valence-electron chi connectivity index (χ2n) is 7.34. The summed E-state index contributed by atoms with van der Waals surface area (Å²) in [5.41, 5.74) is 3.53. The van der Waals surface area contributed by atoms with E-state index in [1.54, 1.807) is 16.8 Å². The van der Waals surface area contributed by atoms with E-state index in [0.29, 0.717) is 22.5 Å². The molecule has 146 valence electrons. The van der Waals surface area contributed by atoms with Crippen LogP contribution in [0.15, 0.2) is 18.2 Å². The highest BCUT2D eigenvalue weighted by Crippen LogP contribution is 2.27. The molecule has 7 heteroatoms. The summed E-state index contributed by atoms with van der Waals surface area (Å²) >= 11 is 12.3. The zero-order chi connectivity index (χ0) is 19.7. The van der Waals surface area contributed by atoms with E-state index in [1.165, 1.54) is 0 Å². The monoisotopic (exact) mass is 408 g/mol. The first kappa shape index (κ1) is 20.2. The van der Waals surface area contributed by atoms with Crippen LogP contribution in [0.3, 0.4) is 0 Å². The average molecular weight is 409 g/mol. The maximum absolute atomic E-state index is 12.8. The Kier molecular flexibility index (Phi) is 6.14. The van der Waals surface area contributed by atoms with Crippen LogP contribution in [0.5, 0.6) is 0 Å². The average Bonchev–Trinajstić information content (AvgIpc) is 2.90. The van der Waals surface area contributed by atoms with E-state index < -0.39 is 0 Å². The number of nitrogens with zero attached hydrogens (tertiary/aromatic N) is 4. The number of piperazine rings is 1. The van der Waals surface area contributed by atoms with Gasteiger partial charge in [0.15, 0.2) is 0 Å². The predicted molar refractivity (Wildman–Crippen MR) is 110 cm³/mol. The topological polar surface area (TPSA) is 41.4 Å². The van der Waals surface area contributed by atoms with Gasteiger partial charge in [-0.2, -0.15) is 5.10 Å². The SMILES string of the molecule is Cc1nn(-c2ccc(Cl)cc2Cl)c(C)c1CC(=O)N1CCN(C(C)C)CC1. The molecule has 0 saturated carbocycles. The largest absolute Gasteiger partial charge is 0.340 e. The quantitative estimate of drug-likeness (QED) is 0.770. The zero-order valence-corrected chi connectivity index (χ0v) is 17.8. The maximum atomic E-state index is 12.8. The highest BCUT2D eigenvalue weighted by Gasteiger charge is 2.24. The smallest absolute Gasteiger partial charge is 0.227 e. The van der Waals surface area contributed by atoms with Crippen LogP contribution in [0.4, 0.5) is 0 Å². The summed E-state index contributed by atoms with van der Waals surface area (Å²) in [6, 6.07) is 5.86. The van der Waals surface area contributed by atoms with Gasteiger partial charge in [-0.1, -0.05) is 23.2 Å². The van der Waals surface area contributed by atoms with E-state index in [0.717, 1.165) is 48.8 Å². The highest BCUT2D eigenvalue weighted by molar-refractivity contribution is 6.35. The molecular weight excluding hydrogens is 383 g/mol. The molecule has 2 aromatic rings. The Bertz CT molecular complexity index is 839. The van der Waals surface area contributed by atoms with E-state index >= 15 is 0 Å². The predicted octanol–water partition coefficient (Wildman–Crippen LogP) is 3.89. The van der Waals surface area contributed by atoms with Gasteiger partial charge in [-0.15, -0.1) is 0 Å². The molecule has 1 aromatic heterocycles. The summed E-state index contributed by atoms with van der Waals surface area (Å²) in [4.78, 5) is 17.2. The van der Waals surface area contributed by atoms with Crippen molar-refractivity contribution in [2.24, 2.45) is 0 Å². The van der Waals surface area contributed by atoms with E-state index in [-0.39, 0.29) is 5.91 Å². The van der Waals surface area contributed by atoms with E-state index in [1.807, 2.05) is 24.8 Å². The molecule has 5 nitrogen and oxygen atoms in total. The van der Waals surface area contributed by atoms with Crippen molar-refractivity contribution >= 4 is 29.1 Å². The Balaban J connectivity index is 1.76. The van der Waals surface area contributed by atoms with Crippen LogP contribution < -0.4 is 0 Å². The fourth-order valence-electron chi connectivity index (χ4n) is 3.57. The number of amides is 1. The molecule has 27 heavy (non-hydrogen) atoms. The molecule has 1 saturated heterocycles. The van der Waals surface area contributed by atoms with Crippen molar-refractivity contribution in [3.05, 3.63) is 45.2 Å². The minimum atomic E-state index is 0.159. The normalized spacial score (nSPS) is 15.6. The first-order chi connectivity index (χ1) is 12.8. The zero-order valence-electron chi connectivity index (χ0n) is 16.3. The molecule has 1 aliphatic heterocycles. The van der Waals surface area contributed by atoms with Gasteiger partial charge in [-0.05, 0) is 45.9 Å². The van der Waals surface area contributed by atoms with E-state index in [9.17, 15) is 4.79 Å². The first-order valence-electron chi connectivity index (χ1n) is 9.30. The Labute approximate surface area is 170 Å². The molecule has 0 N–H and O–H groups in total. The lowest BCUT2D eigenvalue weighted by Crippen LogP contribution is -2.51. The molecule has 0 unspecified atom stereocenters. The van der Waals surface area contributed by atoms with Crippen LogP contribution in [-0.4, -0.2) is 57.7 Å². The maximum Gasteiger partial charge on any atom is 0.227 e. The van der Waals surface area contributed by atoms with Gasteiger partial charge in [0.1, 0.15) is 0 Å². The van der Waals surface area contributed by atoms with Crippen LogP contribution in [-0.2, 0) is 11.2 Å². The Morgan fingerprint density at radius 3 is 2.41 bits per heavy atom. The van der Waals surface area contributed by atoms with Gasteiger partial charge in [0.25, 0.3) is 0 Å². The number of hydrogen-bond acceptors (Lipinski definition) is 3. The lowest BCUT2D eigenvalue weighted by molar-refractivity contribution is -0.132. The summed E-state index contributed by atoms with van der Waals surface area (Å²) in [5.74, 6) is 0.159. The van der Waals surface area contributed by atoms with Crippen molar-refractivity contribution in [3.63, 3.8) is 0 Å². The van der Waals surface area contributed by atoms with Gasteiger partial charge in [-0.3, -0.25) is 9.69 Å². The van der Waals surface area contributed by atoms with Gasteiger partial charge >= 0.3 is 0 Å². The van der Waals surface area contributed by atoms with Crippen LogP contribution in [0.1, 0.15) is 30.8 Å². The number of carbonyl (C=O) groups is 1. The first-order valence-corrected chi connectivity index (χ1v) is 10.1. The number of carbonyl (C=O) groups excluding carboxylic acids is 1. The number of halogens is 2. The van der Waals surface area contributed by atoms with Gasteiger partial charge in [-0.25, -0.2) is 4.68 Å². The van der Waals surface area contributed by atoms with Crippen LogP contribution >= 0.6 is 23.2 Å². The lowest BCUT2D eigenvalue weighted by Gasteiger charge is -2.37. The van der Waals surface area contributed by atoms with Crippen LogP contribution in [0, 0.1) is 13.8 Å². The van der Waals surface area contributed by atoms with Crippen molar-refractivity contribution in [1.82, 2.24) is 19.6 Å². The molecular formula is C20H26Cl2N4O. The third kappa shape index (κ3) is 4.31. The third-order valence-electron chi connectivity index (χ3n) is 5.30. The summed E-state index contributed by atoms with van der Waals surface area (Å²) in [6.45, 7) is 11.7. The number of hydrogen-bond donors (Lipinski definition) is 0. The number of aryl methyl sites for hydroxylation is 1. The molecule has 1 fully saturated rings. The number of benzene rings is 1. The minimum Gasteiger partial charge on any atom is -0.340 e. The molecule has 2 heterocycles. The highest BCUT2D eigenvalue weighted by atomic mass is 35.5. The van der Waals surface area contributed by atoms with E-state index in [2.05, 4.69) is 23.8 Å². The third-order valence-corrected chi connectivity index (χ3v) is 5.84. The van der Waals surface area contributed by atoms with Gasteiger partial charge in [0.2, 0.25) is 5.91 Å². The molecule has 0 aliphatic carbocycles. The molecule has 1 aromatic carbocycles. The van der Waals surface area contributed by atoms with Crippen molar-refractivity contribution < 1.29 is 4.79 Å². The molecule has 1 aliphatic rings. The summed E-state index contributed by atoms with van der Waals surface area (Å²) < 4.78 is 1.80. The second-order valence-corrected chi connectivity index (χ2v) is 8.19. The summed E-state index contributed by atoms with van der Waals surface area (Å²) in [5, 5.41) is 5.74. The molecule has 0 atom stereocenters. The minimum absolute atomic E-state index is 0.159. The lowest BCUT2D eigenvalue weighted by atomic mass is 10.1. The van der Waals surface area contributed by atoms with Gasteiger partial charge in [0, 0.05) is 48.5 Å². The molecule has 3 rings (SSSR count). The van der Waals surface area contributed by atoms with Crippen molar-refractivity contribution in [2.45, 2.75) is 40.2 Å². The van der Waals surface area contributed by atoms with Crippen molar-refractivity contribution in [1.29, 1.82) is 0 Å². The summed E-state index contributed by atoms with van der Waals surface area (Å²) in [7, 11) is 0. The molecule has 0 bridgehead atoms. The fraction of sp³-hybridized carbons (Fsp3) is 0.500. The Hall–Kier alpha value is -1.56. The Morgan fingerprint density at radius 1 is 1.15 bits per heavy atom. The summed E-state index contributed by atoms with van der Waals surface area (Å²) in [6.07, 6.45) is 0.366. The van der Waals surface area contributed by atoms with Crippen LogP contribution in [0.25, 0.3) is 5.69 Å². The van der Waals surface area contributed by atoms with Crippen molar-refractivity contribution in [2.75, 3.05) is 26.2 Å². The standard InChI is InChI=1S/C20H26Cl2N4O/c1-13(2)24-7-9-25(10-8-24)20(27)12-17-14(3)23-26(15(17)4)19-6-5-16(21)11-18(19)22/h5-6,11,13H,7-10,12H2,1-4H3. The van der Waals surface area contributed by atoms with Gasteiger partial charge in [0.05, 0.1) is 22.8 Å². The second kappa shape index (κ2) is 8.21. The van der Waals surface area contributed by atoms with Crippen LogP contribution in [0.2, 0.25) is 10.0 Å². The molecule has 0 radical (unpaired) electrons. The van der Waals surface area contributed by atoms with Crippen molar-refractivity contribution in [3.8, 4) is 5.69 Å². The Morgan fingerprint density at radius 2 is 1.81 bits per heavy atom. The number of aromatic nitrogens is 2. The number of rotatable bonds is 4. The van der Waals surface area contributed by atoms with Gasteiger partial charge < -0.3 is 4.90 Å². The molecule has 1 amide bonds.